The lowest BCUT2D eigenvalue weighted by Crippen LogP contribution is -2.31. The number of rotatable bonds is 4. The summed E-state index contributed by atoms with van der Waals surface area (Å²) in [5, 5.41) is 4.84. The average molecular weight is 413 g/mol. The highest BCUT2D eigenvalue weighted by Gasteiger charge is 2.32. The lowest BCUT2D eigenvalue weighted by Gasteiger charge is -2.30. The molecule has 0 radical (unpaired) electrons. The van der Waals surface area contributed by atoms with E-state index in [4.69, 9.17) is 17.3 Å². The third kappa shape index (κ3) is 3.49. The minimum Gasteiger partial charge on any atom is -0.356 e. The highest BCUT2D eigenvalue weighted by Crippen LogP contribution is 2.37. The molecule has 3 heterocycles. The Labute approximate surface area is 175 Å². The molecule has 1 amide bonds. The first-order chi connectivity index (χ1) is 13.6. The van der Waals surface area contributed by atoms with Crippen LogP contribution in [0.2, 0.25) is 0 Å². The van der Waals surface area contributed by atoms with Crippen LogP contribution >= 0.6 is 24.0 Å². The molecule has 2 aromatic rings. The number of carbonyl (C=O) groups excluding carboxylic acids is 1. The predicted molar refractivity (Wildman–Crippen MR) is 120 cm³/mol. The molecule has 5 nitrogen and oxygen atoms in total. The summed E-state index contributed by atoms with van der Waals surface area (Å²) in [6.45, 7) is 6.58. The second-order valence-electron chi connectivity index (χ2n) is 7.04. The number of anilines is 1. The van der Waals surface area contributed by atoms with Gasteiger partial charge in [0.05, 0.1) is 16.3 Å². The molecule has 0 N–H and O–H groups in total. The van der Waals surface area contributed by atoms with Crippen LogP contribution in [0.1, 0.15) is 37.4 Å². The molecular formula is C21H24N4OS2. The number of hydrogen-bond donors (Lipinski definition) is 0. The molecule has 4 rings (SSSR count). The number of thiocarbonyl (C=S) groups is 1. The summed E-state index contributed by atoms with van der Waals surface area (Å²) in [6.07, 6.45) is 5.60. The molecule has 0 saturated carbocycles. The van der Waals surface area contributed by atoms with E-state index in [1.807, 2.05) is 42.8 Å². The molecule has 0 bridgehead atoms. The molecule has 28 heavy (non-hydrogen) atoms. The minimum atomic E-state index is -0.00560. The summed E-state index contributed by atoms with van der Waals surface area (Å²) in [5.41, 5.74) is 2.97. The van der Waals surface area contributed by atoms with Crippen LogP contribution in [-0.4, -0.2) is 44.5 Å². The van der Waals surface area contributed by atoms with E-state index in [1.54, 1.807) is 4.90 Å². The van der Waals surface area contributed by atoms with Crippen molar-refractivity contribution in [2.75, 3.05) is 24.5 Å². The summed E-state index contributed by atoms with van der Waals surface area (Å²) in [4.78, 5) is 17.5. The van der Waals surface area contributed by atoms with Crippen molar-refractivity contribution >= 4 is 46.1 Å². The molecule has 1 aromatic carbocycles. The number of nitrogens with zero attached hydrogens (tertiary/aromatic N) is 4. The van der Waals surface area contributed by atoms with Crippen LogP contribution in [0.5, 0.6) is 0 Å². The predicted octanol–water partition coefficient (Wildman–Crippen LogP) is 4.39. The van der Waals surface area contributed by atoms with Crippen LogP contribution in [0.25, 0.3) is 11.8 Å². The quantitative estimate of drug-likeness (QED) is 0.550. The first kappa shape index (κ1) is 19.2. The van der Waals surface area contributed by atoms with Gasteiger partial charge >= 0.3 is 0 Å². The van der Waals surface area contributed by atoms with Crippen molar-refractivity contribution in [2.45, 2.75) is 33.1 Å². The van der Waals surface area contributed by atoms with Crippen LogP contribution in [0.4, 0.5) is 5.82 Å². The first-order valence-electron chi connectivity index (χ1n) is 9.75. The third-order valence-electron chi connectivity index (χ3n) is 5.20. The van der Waals surface area contributed by atoms with Crippen molar-refractivity contribution in [2.24, 2.45) is 0 Å². The first-order valence-corrected chi connectivity index (χ1v) is 11.0. The molecule has 2 fully saturated rings. The Morgan fingerprint density at radius 1 is 1.18 bits per heavy atom. The zero-order chi connectivity index (χ0) is 19.7. The molecule has 146 valence electrons. The zero-order valence-corrected chi connectivity index (χ0v) is 17.9. The van der Waals surface area contributed by atoms with E-state index in [0.717, 1.165) is 35.9 Å². The highest BCUT2D eigenvalue weighted by molar-refractivity contribution is 8.26. The second-order valence-corrected chi connectivity index (χ2v) is 8.72. The number of hydrogen-bond acceptors (Lipinski definition) is 5. The Morgan fingerprint density at radius 3 is 2.54 bits per heavy atom. The van der Waals surface area contributed by atoms with Crippen molar-refractivity contribution in [3.63, 3.8) is 0 Å². The average Bonchev–Trinajstić information content (AvgIpc) is 3.19. The number of aryl methyl sites for hydroxylation is 1. The number of likely N-dealkylation sites (N-methyl/N-ethyl adjacent to an activating group) is 1. The van der Waals surface area contributed by atoms with E-state index in [0.29, 0.717) is 15.8 Å². The smallest absolute Gasteiger partial charge is 0.266 e. The fourth-order valence-electron chi connectivity index (χ4n) is 3.76. The van der Waals surface area contributed by atoms with E-state index in [-0.39, 0.29) is 5.91 Å². The maximum absolute atomic E-state index is 12.7. The Balaban J connectivity index is 1.83. The maximum atomic E-state index is 12.7. The van der Waals surface area contributed by atoms with Gasteiger partial charge in [-0.25, -0.2) is 4.68 Å². The molecule has 2 saturated heterocycles. The summed E-state index contributed by atoms with van der Waals surface area (Å²) >= 11 is 6.76. The van der Waals surface area contributed by atoms with Crippen LogP contribution < -0.4 is 4.90 Å². The lowest BCUT2D eigenvalue weighted by atomic mass is 10.1. The largest absolute Gasteiger partial charge is 0.356 e. The number of benzene rings is 1. The topological polar surface area (TPSA) is 41.4 Å². The van der Waals surface area contributed by atoms with Gasteiger partial charge in [-0.05, 0) is 51.3 Å². The van der Waals surface area contributed by atoms with Crippen molar-refractivity contribution < 1.29 is 4.79 Å². The monoisotopic (exact) mass is 412 g/mol. The third-order valence-corrected chi connectivity index (χ3v) is 6.58. The van der Waals surface area contributed by atoms with E-state index < -0.39 is 0 Å². The molecular weight excluding hydrogens is 388 g/mol. The van der Waals surface area contributed by atoms with E-state index >= 15 is 0 Å². The van der Waals surface area contributed by atoms with Crippen LogP contribution in [0.3, 0.4) is 0 Å². The molecule has 7 heteroatoms. The molecule has 0 unspecified atom stereocenters. The molecule has 0 spiro atoms. The maximum Gasteiger partial charge on any atom is 0.266 e. The summed E-state index contributed by atoms with van der Waals surface area (Å²) in [7, 11) is 0. The van der Waals surface area contributed by atoms with E-state index in [1.165, 1.54) is 31.0 Å². The molecule has 1 aromatic heterocycles. The van der Waals surface area contributed by atoms with Crippen LogP contribution in [0.15, 0.2) is 35.2 Å². The zero-order valence-electron chi connectivity index (χ0n) is 16.2. The van der Waals surface area contributed by atoms with E-state index in [2.05, 4.69) is 17.0 Å². The van der Waals surface area contributed by atoms with Gasteiger partial charge in [0, 0.05) is 25.2 Å². The van der Waals surface area contributed by atoms with Gasteiger partial charge in [0.15, 0.2) is 0 Å². The van der Waals surface area contributed by atoms with Gasteiger partial charge in [-0.3, -0.25) is 9.69 Å². The Bertz CT molecular complexity index is 929. The number of para-hydroxylation sites is 1. The van der Waals surface area contributed by atoms with Gasteiger partial charge in [0.1, 0.15) is 10.1 Å². The number of piperidine rings is 1. The SMILES string of the molecule is CCN1C(=O)/C(=C/c2c(C)nn(-c3ccccc3)c2N2CCCCC2)SC1=S. The van der Waals surface area contributed by atoms with Crippen LogP contribution in [0, 0.1) is 6.92 Å². The standard InChI is InChI=1S/C21H24N4OS2/c1-3-24-20(26)18(28-21(24)27)14-17-15(2)22-25(16-10-6-4-7-11-16)19(17)23-12-8-5-9-13-23/h4,6-7,10-11,14H,3,5,8-9,12-13H2,1-2H3/b18-14-. The van der Waals surface area contributed by atoms with Crippen molar-refractivity contribution in [1.29, 1.82) is 0 Å². The second kappa shape index (κ2) is 8.09. The van der Waals surface area contributed by atoms with Crippen molar-refractivity contribution in [1.82, 2.24) is 14.7 Å². The van der Waals surface area contributed by atoms with Crippen LogP contribution in [-0.2, 0) is 4.79 Å². The van der Waals surface area contributed by atoms with Crippen molar-refractivity contribution in [3.05, 3.63) is 46.5 Å². The van der Waals surface area contributed by atoms with Gasteiger partial charge in [-0.1, -0.05) is 42.2 Å². The number of carbonyl (C=O) groups is 1. The minimum absolute atomic E-state index is 0.00560. The fraction of sp³-hybridized carbons (Fsp3) is 0.381. The molecule has 2 aliphatic heterocycles. The Morgan fingerprint density at radius 2 is 1.89 bits per heavy atom. The lowest BCUT2D eigenvalue weighted by molar-refractivity contribution is -0.121. The van der Waals surface area contributed by atoms with Gasteiger partial charge in [-0.15, -0.1) is 0 Å². The van der Waals surface area contributed by atoms with Gasteiger partial charge in [0.25, 0.3) is 5.91 Å². The fourth-order valence-corrected chi connectivity index (χ4v) is 5.13. The van der Waals surface area contributed by atoms with Crippen molar-refractivity contribution in [3.8, 4) is 5.69 Å². The Kier molecular flexibility index (Phi) is 5.55. The highest BCUT2D eigenvalue weighted by atomic mass is 32.2. The summed E-state index contributed by atoms with van der Waals surface area (Å²) in [6, 6.07) is 10.2. The Hall–Kier alpha value is -2.12. The summed E-state index contributed by atoms with van der Waals surface area (Å²) < 4.78 is 2.65. The van der Waals surface area contributed by atoms with Gasteiger partial charge in [0.2, 0.25) is 0 Å². The number of thioether (sulfide) groups is 1. The molecule has 0 atom stereocenters. The van der Waals surface area contributed by atoms with E-state index in [9.17, 15) is 4.79 Å². The normalized spacial score (nSPS) is 19.1. The molecule has 2 aliphatic rings. The molecule has 0 aliphatic carbocycles. The van der Waals surface area contributed by atoms with Gasteiger partial charge in [-0.2, -0.15) is 5.10 Å². The van der Waals surface area contributed by atoms with Gasteiger partial charge < -0.3 is 4.90 Å². The number of aromatic nitrogens is 2. The number of amides is 1. The summed E-state index contributed by atoms with van der Waals surface area (Å²) in [5.74, 6) is 1.07.